The maximum absolute atomic E-state index is 13.8. The van der Waals surface area contributed by atoms with Crippen molar-refractivity contribution in [2.24, 2.45) is 0 Å². The zero-order chi connectivity index (χ0) is 25.5. The molecule has 1 N–H and O–H groups in total. The molecule has 0 spiro atoms. The van der Waals surface area contributed by atoms with Crippen LogP contribution in [0.25, 0.3) is 20.1 Å². The van der Waals surface area contributed by atoms with Crippen molar-refractivity contribution in [3.05, 3.63) is 73.9 Å². The lowest BCUT2D eigenvalue weighted by atomic mass is 10.1. The molecule has 8 nitrogen and oxygen atoms in total. The van der Waals surface area contributed by atoms with E-state index in [-0.39, 0.29) is 12.6 Å². The largest absolute Gasteiger partial charge is 0.480 e. The molecule has 4 rings (SSSR count). The van der Waals surface area contributed by atoms with E-state index in [0.717, 1.165) is 20.0 Å². The van der Waals surface area contributed by atoms with Crippen molar-refractivity contribution in [3.8, 4) is 9.88 Å². The fourth-order valence-electron chi connectivity index (χ4n) is 4.02. The van der Waals surface area contributed by atoms with Crippen molar-refractivity contribution >= 4 is 38.9 Å². The number of carbonyl (C=O) groups is 1. The molecular weight excluding hydrogens is 486 g/mol. The van der Waals surface area contributed by atoms with Gasteiger partial charge in [0.25, 0.3) is 5.56 Å². The molecule has 0 radical (unpaired) electrons. The number of benzene rings is 1. The van der Waals surface area contributed by atoms with Gasteiger partial charge in [-0.15, -0.1) is 22.7 Å². The minimum absolute atomic E-state index is 0.116. The van der Waals surface area contributed by atoms with E-state index in [1.165, 1.54) is 41.1 Å². The lowest BCUT2D eigenvalue weighted by Crippen LogP contribution is -2.52. The van der Waals surface area contributed by atoms with Gasteiger partial charge in [0, 0.05) is 11.6 Å². The highest BCUT2D eigenvalue weighted by Crippen LogP contribution is 2.38. The minimum Gasteiger partial charge on any atom is -0.480 e. The highest BCUT2D eigenvalue weighted by atomic mass is 32.1. The van der Waals surface area contributed by atoms with E-state index in [9.17, 15) is 19.5 Å². The highest BCUT2D eigenvalue weighted by molar-refractivity contribution is 7.25. The van der Waals surface area contributed by atoms with Gasteiger partial charge in [0.05, 0.1) is 22.9 Å². The summed E-state index contributed by atoms with van der Waals surface area (Å²) in [7, 11) is 0. The van der Waals surface area contributed by atoms with Crippen LogP contribution in [0.1, 0.15) is 44.9 Å². The molecule has 0 unspecified atom stereocenters. The predicted octanol–water partition coefficient (Wildman–Crippen LogP) is 4.64. The molecule has 0 aliphatic carbocycles. The third kappa shape index (κ3) is 4.49. The summed E-state index contributed by atoms with van der Waals surface area (Å²) in [5, 5.41) is 12.8. The number of ether oxygens (including phenoxy) is 1. The van der Waals surface area contributed by atoms with Crippen molar-refractivity contribution in [1.82, 2.24) is 14.1 Å². The summed E-state index contributed by atoms with van der Waals surface area (Å²) in [5.74, 6) is -1.27. The molecule has 0 aliphatic rings. The summed E-state index contributed by atoms with van der Waals surface area (Å²) in [5.41, 5.74) is -1.50. The quantitative estimate of drug-likeness (QED) is 0.368. The summed E-state index contributed by atoms with van der Waals surface area (Å²) in [6, 6.07) is 9.54. The van der Waals surface area contributed by atoms with E-state index in [1.54, 1.807) is 6.20 Å². The molecule has 0 amide bonds. The third-order valence-corrected chi connectivity index (χ3v) is 8.12. The smallest absolute Gasteiger partial charge is 0.333 e. The van der Waals surface area contributed by atoms with Crippen LogP contribution in [0.5, 0.6) is 0 Å². The third-order valence-electron chi connectivity index (χ3n) is 5.88. The molecule has 1 aromatic carbocycles. The predicted molar refractivity (Wildman–Crippen MR) is 139 cm³/mol. The topological polar surface area (TPSA) is 103 Å². The average Bonchev–Trinajstić information content (AvgIpc) is 3.44. The highest BCUT2D eigenvalue weighted by Gasteiger charge is 2.36. The zero-order valence-corrected chi connectivity index (χ0v) is 21.8. The van der Waals surface area contributed by atoms with Gasteiger partial charge in [-0.05, 0) is 45.7 Å². The van der Waals surface area contributed by atoms with E-state index in [1.807, 2.05) is 56.5 Å². The monoisotopic (exact) mass is 513 g/mol. The number of rotatable bonds is 8. The number of aryl methyl sites for hydroxylation is 1. The molecule has 35 heavy (non-hydrogen) atoms. The van der Waals surface area contributed by atoms with Crippen LogP contribution in [0.2, 0.25) is 0 Å². The Morgan fingerprint density at radius 3 is 2.46 bits per heavy atom. The number of hydrogen-bond donors (Lipinski definition) is 1. The first-order valence-corrected chi connectivity index (χ1v) is 12.9. The van der Waals surface area contributed by atoms with Gasteiger partial charge in [-0.1, -0.05) is 30.3 Å². The SMILES string of the molecule is Cc1c(-c2nccs2)sc2c1c(=O)n(C(C)(C)C(=O)O)c(=O)n2C[C@@H](OC(C)C)c1ccccc1. The first-order valence-electron chi connectivity index (χ1n) is 11.2. The Morgan fingerprint density at radius 1 is 1.20 bits per heavy atom. The Bertz CT molecular complexity index is 1480. The standard InChI is InChI=1S/C25H27N3O5S2/c1-14(2)33-17(16-9-7-6-8-10-16)13-27-22-18(15(3)19(35-22)20-26-11-12-34-20)21(29)28(24(27)32)25(4,5)23(30)31/h6-12,14,17H,13H2,1-5H3,(H,30,31)/t17-/m1/s1. The molecule has 184 valence electrons. The molecule has 3 aromatic heterocycles. The number of nitrogens with zero attached hydrogens (tertiary/aromatic N) is 3. The second kappa shape index (κ2) is 9.52. The number of carboxylic acids is 1. The maximum atomic E-state index is 13.8. The van der Waals surface area contributed by atoms with Crippen LogP contribution in [0, 0.1) is 6.92 Å². The number of thiophene rings is 1. The van der Waals surface area contributed by atoms with E-state index < -0.39 is 28.9 Å². The van der Waals surface area contributed by atoms with Crippen LogP contribution in [-0.2, 0) is 21.6 Å². The first kappa shape index (κ1) is 25.0. The number of fused-ring (bicyclic) bond motifs is 1. The molecule has 1 atom stereocenters. The first-order chi connectivity index (χ1) is 16.5. The van der Waals surface area contributed by atoms with Crippen LogP contribution in [0.3, 0.4) is 0 Å². The van der Waals surface area contributed by atoms with E-state index in [2.05, 4.69) is 4.98 Å². The molecular formula is C25H27N3O5S2. The van der Waals surface area contributed by atoms with Gasteiger partial charge in [0.1, 0.15) is 21.5 Å². The van der Waals surface area contributed by atoms with E-state index in [4.69, 9.17) is 4.74 Å². The second-order valence-corrected chi connectivity index (χ2v) is 10.9. The summed E-state index contributed by atoms with van der Waals surface area (Å²) in [6.07, 6.45) is 1.08. The number of carboxylic acid groups (broad SMARTS) is 1. The van der Waals surface area contributed by atoms with Crippen LogP contribution in [-0.4, -0.2) is 31.3 Å². The fraction of sp³-hybridized carbons (Fsp3) is 0.360. The van der Waals surface area contributed by atoms with Crippen LogP contribution in [0.4, 0.5) is 0 Å². The van der Waals surface area contributed by atoms with Gasteiger partial charge in [-0.25, -0.2) is 19.1 Å². The summed E-state index contributed by atoms with van der Waals surface area (Å²) in [6.45, 7) is 8.47. The molecule has 4 aromatic rings. The van der Waals surface area contributed by atoms with Gasteiger partial charge >= 0.3 is 11.7 Å². The van der Waals surface area contributed by atoms with Crippen molar-refractivity contribution in [2.45, 2.75) is 58.9 Å². The fourth-order valence-corrected chi connectivity index (χ4v) is 6.12. The van der Waals surface area contributed by atoms with Gasteiger partial charge in [0.15, 0.2) is 0 Å². The normalized spacial score (nSPS) is 13.0. The van der Waals surface area contributed by atoms with Crippen molar-refractivity contribution in [2.75, 3.05) is 0 Å². The van der Waals surface area contributed by atoms with E-state index >= 15 is 0 Å². The Labute approximate surface area is 210 Å². The molecule has 3 heterocycles. The minimum atomic E-state index is -1.75. The van der Waals surface area contributed by atoms with Crippen molar-refractivity contribution in [1.29, 1.82) is 0 Å². The van der Waals surface area contributed by atoms with Gasteiger partial charge in [0.2, 0.25) is 0 Å². The Morgan fingerprint density at radius 2 is 1.89 bits per heavy atom. The Kier molecular flexibility index (Phi) is 6.81. The molecule has 10 heteroatoms. The van der Waals surface area contributed by atoms with Crippen LogP contribution >= 0.6 is 22.7 Å². The molecule has 0 saturated heterocycles. The lowest BCUT2D eigenvalue weighted by Gasteiger charge is -2.26. The lowest BCUT2D eigenvalue weighted by molar-refractivity contribution is -0.146. The van der Waals surface area contributed by atoms with Crippen molar-refractivity contribution in [3.63, 3.8) is 0 Å². The maximum Gasteiger partial charge on any atom is 0.333 e. The number of thiazole rings is 1. The molecule has 0 saturated carbocycles. The van der Waals surface area contributed by atoms with Crippen LogP contribution < -0.4 is 11.2 Å². The summed E-state index contributed by atoms with van der Waals surface area (Å²) >= 11 is 2.75. The zero-order valence-electron chi connectivity index (χ0n) is 20.1. The van der Waals surface area contributed by atoms with Crippen molar-refractivity contribution < 1.29 is 14.6 Å². The number of aromatic nitrogens is 3. The van der Waals surface area contributed by atoms with Gasteiger partial charge < -0.3 is 9.84 Å². The van der Waals surface area contributed by atoms with E-state index in [0.29, 0.717) is 15.8 Å². The molecule has 0 bridgehead atoms. The van der Waals surface area contributed by atoms with Gasteiger partial charge in [-0.2, -0.15) is 0 Å². The summed E-state index contributed by atoms with van der Waals surface area (Å²) < 4.78 is 8.52. The Hall–Kier alpha value is -3.08. The average molecular weight is 514 g/mol. The molecule has 0 aliphatic heterocycles. The summed E-state index contributed by atoms with van der Waals surface area (Å²) in [4.78, 5) is 45.2. The van der Waals surface area contributed by atoms with Gasteiger partial charge in [-0.3, -0.25) is 9.36 Å². The Balaban J connectivity index is 2.05. The molecule has 0 fully saturated rings. The number of aliphatic carboxylic acids is 1. The number of hydrogen-bond acceptors (Lipinski definition) is 7. The van der Waals surface area contributed by atoms with Crippen LogP contribution in [0.15, 0.2) is 51.5 Å². The second-order valence-electron chi connectivity index (χ2n) is 9.06.